The molecule has 0 amide bonds. The third-order valence-electron chi connectivity index (χ3n) is 4.54. The van der Waals surface area contributed by atoms with Crippen LogP contribution in [0.4, 0.5) is 0 Å². The number of nitrogens with zero attached hydrogens (tertiary/aromatic N) is 2. The number of hydrogen-bond donors (Lipinski definition) is 12. The van der Waals surface area contributed by atoms with E-state index in [4.69, 9.17) is 53.6 Å². The first-order valence-corrected chi connectivity index (χ1v) is 11.5. The molecule has 0 saturated heterocycles. The highest BCUT2D eigenvalue weighted by molar-refractivity contribution is 5.88. The topological polar surface area (TPSA) is 377 Å². The Morgan fingerprint density at radius 3 is 1.10 bits per heavy atom. The van der Waals surface area contributed by atoms with Crippen LogP contribution in [0.15, 0.2) is 9.98 Å². The van der Waals surface area contributed by atoms with Crippen LogP contribution in [0.2, 0.25) is 0 Å². The number of rotatable bonds is 18. The Morgan fingerprint density at radius 2 is 0.875 bits per heavy atom. The second-order valence-corrected chi connectivity index (χ2v) is 7.97. The highest BCUT2D eigenvalue weighted by Crippen LogP contribution is 1.97. The van der Waals surface area contributed by atoms with Gasteiger partial charge in [-0.05, 0) is 25.7 Å². The summed E-state index contributed by atoms with van der Waals surface area (Å²) in [7, 11) is 0. The number of hydrogen-bond acceptors (Lipinski definition) is 10. The van der Waals surface area contributed by atoms with Crippen molar-refractivity contribution in [3.63, 3.8) is 0 Å². The molecule has 0 aromatic rings. The van der Waals surface area contributed by atoms with E-state index in [1.807, 2.05) is 0 Å². The van der Waals surface area contributed by atoms with Gasteiger partial charge < -0.3 is 64.2 Å². The molecule has 0 aromatic heterocycles. The Balaban J connectivity index is 0. The first kappa shape index (κ1) is 37.4. The predicted octanol–water partition coefficient (Wildman–Crippen LogP) is -3.98. The summed E-state index contributed by atoms with van der Waals surface area (Å²) in [5, 5.41) is 56.1. The van der Waals surface area contributed by atoms with Gasteiger partial charge in [-0.2, -0.15) is 0 Å². The van der Waals surface area contributed by atoms with Crippen LogP contribution in [0, 0.1) is 0 Å². The Labute approximate surface area is 227 Å². The van der Waals surface area contributed by atoms with Crippen molar-refractivity contribution in [2.45, 2.75) is 62.7 Å². The van der Waals surface area contributed by atoms with Gasteiger partial charge in [-0.1, -0.05) is 0 Å². The number of carboxylic acid groups (broad SMARTS) is 6. The molecule has 0 spiro atoms. The van der Waals surface area contributed by atoms with E-state index in [-0.39, 0.29) is 37.9 Å². The first-order valence-electron chi connectivity index (χ1n) is 11.5. The van der Waals surface area contributed by atoms with E-state index in [0.29, 0.717) is 12.8 Å². The van der Waals surface area contributed by atoms with Gasteiger partial charge in [0.25, 0.3) is 0 Å². The van der Waals surface area contributed by atoms with Gasteiger partial charge in [-0.15, -0.1) is 0 Å². The second-order valence-electron chi connectivity index (χ2n) is 7.97. The molecule has 0 aliphatic carbocycles. The molecular formula is C20H36N8O12. The van der Waals surface area contributed by atoms with E-state index < -0.39 is 72.8 Å². The fraction of sp³-hybridized carbons (Fsp3) is 0.600. The Kier molecular flexibility index (Phi) is 19.0. The summed E-state index contributed by atoms with van der Waals surface area (Å²) >= 11 is 0. The zero-order valence-electron chi connectivity index (χ0n) is 21.3. The smallest absolute Gasteiger partial charge is 0.326 e. The summed E-state index contributed by atoms with van der Waals surface area (Å²) in [5.41, 5.74) is 21.3. The molecule has 20 heteroatoms. The number of carbonyl (C=O) groups is 6. The molecule has 4 atom stereocenters. The monoisotopic (exact) mass is 580 g/mol. The minimum atomic E-state index is -1.38. The first-order chi connectivity index (χ1) is 18.5. The molecule has 0 fully saturated rings. The highest BCUT2D eigenvalue weighted by atomic mass is 16.4. The SMILES string of the molecule is NC(=NCCC[C@H](N)C(=O)O)N[C@@H](CC(=O)O)C(=O)O.NC(=NCCC[C@H](N)C(=O)O)N[C@@H](CC(=O)O)C(=O)O. The van der Waals surface area contributed by atoms with Crippen molar-refractivity contribution >= 4 is 47.7 Å². The second kappa shape index (κ2) is 20.3. The molecule has 20 nitrogen and oxygen atoms in total. The van der Waals surface area contributed by atoms with Crippen LogP contribution >= 0.6 is 0 Å². The van der Waals surface area contributed by atoms with Gasteiger partial charge in [-0.25, -0.2) is 9.59 Å². The lowest BCUT2D eigenvalue weighted by atomic mass is 10.2. The van der Waals surface area contributed by atoms with E-state index in [1.54, 1.807) is 0 Å². The molecule has 0 aliphatic heterocycles. The van der Waals surface area contributed by atoms with Crippen molar-refractivity contribution in [3.8, 4) is 0 Å². The van der Waals surface area contributed by atoms with Gasteiger partial charge in [0.1, 0.15) is 24.2 Å². The van der Waals surface area contributed by atoms with Crippen LogP contribution in [-0.4, -0.2) is 116 Å². The van der Waals surface area contributed by atoms with Gasteiger partial charge in [0.2, 0.25) is 0 Å². The Morgan fingerprint density at radius 1 is 0.575 bits per heavy atom. The van der Waals surface area contributed by atoms with E-state index in [1.165, 1.54) is 0 Å². The molecule has 0 rings (SSSR count). The number of nitrogens with two attached hydrogens (primary N) is 4. The largest absolute Gasteiger partial charge is 0.481 e. The lowest BCUT2D eigenvalue weighted by Gasteiger charge is -2.12. The van der Waals surface area contributed by atoms with Crippen LogP contribution in [0.1, 0.15) is 38.5 Å². The van der Waals surface area contributed by atoms with E-state index in [0.717, 1.165) is 0 Å². The fourth-order valence-electron chi connectivity index (χ4n) is 2.47. The number of guanidine groups is 2. The van der Waals surface area contributed by atoms with Crippen molar-refractivity contribution in [3.05, 3.63) is 0 Å². The standard InChI is InChI=1S/2C10H18N4O6/c2*11-5(8(17)18)2-1-3-13-10(12)14-6(9(19)20)4-7(15)16/h2*5-6H,1-4,11H2,(H,15,16)(H,17,18)(H,19,20)(H3,12,13,14)/t2*5-,6-/m00/s1. The molecule has 0 unspecified atom stereocenters. The maximum Gasteiger partial charge on any atom is 0.326 e. The minimum Gasteiger partial charge on any atom is -0.481 e. The Bertz CT molecular complexity index is 868. The average molecular weight is 581 g/mol. The molecule has 0 aromatic carbocycles. The van der Waals surface area contributed by atoms with E-state index in [2.05, 4.69) is 20.6 Å². The van der Waals surface area contributed by atoms with Crippen LogP contribution in [0.5, 0.6) is 0 Å². The average Bonchev–Trinajstić information content (AvgIpc) is 2.82. The summed E-state index contributed by atoms with van der Waals surface area (Å²) in [5.74, 6) is -7.97. The summed E-state index contributed by atoms with van der Waals surface area (Å²) < 4.78 is 0. The van der Waals surface area contributed by atoms with Crippen molar-refractivity contribution in [2.24, 2.45) is 32.9 Å². The minimum absolute atomic E-state index is 0.152. The molecule has 0 radical (unpaired) electrons. The highest BCUT2D eigenvalue weighted by Gasteiger charge is 2.22. The van der Waals surface area contributed by atoms with Gasteiger partial charge in [0, 0.05) is 13.1 Å². The summed E-state index contributed by atoms with van der Waals surface area (Å²) in [6, 6.07) is -4.73. The predicted molar refractivity (Wildman–Crippen MR) is 136 cm³/mol. The quantitative estimate of drug-likeness (QED) is 0.0417. The van der Waals surface area contributed by atoms with Crippen LogP contribution in [0.25, 0.3) is 0 Å². The molecular weight excluding hydrogens is 544 g/mol. The van der Waals surface area contributed by atoms with Crippen molar-refractivity contribution in [1.82, 2.24) is 10.6 Å². The lowest BCUT2D eigenvalue weighted by Crippen LogP contribution is -2.45. The summed E-state index contributed by atoms with van der Waals surface area (Å²) in [6.07, 6.45) is -0.183. The van der Waals surface area contributed by atoms with Crippen molar-refractivity contribution in [1.29, 1.82) is 0 Å². The molecule has 40 heavy (non-hydrogen) atoms. The normalized spacial score (nSPS) is 14.3. The molecule has 0 bridgehead atoms. The molecule has 0 heterocycles. The van der Waals surface area contributed by atoms with Gasteiger partial charge in [0.15, 0.2) is 11.9 Å². The maximum atomic E-state index is 10.7. The van der Waals surface area contributed by atoms with Gasteiger partial charge >= 0.3 is 35.8 Å². The summed E-state index contributed by atoms with van der Waals surface area (Å²) in [6.45, 7) is 0.304. The maximum absolute atomic E-state index is 10.7. The van der Waals surface area contributed by atoms with Crippen molar-refractivity contribution < 1.29 is 59.4 Å². The van der Waals surface area contributed by atoms with Crippen LogP contribution in [-0.2, 0) is 28.8 Å². The van der Waals surface area contributed by atoms with E-state index >= 15 is 0 Å². The fourth-order valence-corrected chi connectivity index (χ4v) is 2.47. The third-order valence-corrected chi connectivity index (χ3v) is 4.54. The summed E-state index contributed by atoms with van der Waals surface area (Å²) in [4.78, 5) is 70.8. The molecule has 0 saturated carbocycles. The number of aliphatic carboxylic acids is 6. The lowest BCUT2D eigenvalue weighted by molar-refractivity contribution is -0.145. The van der Waals surface area contributed by atoms with Gasteiger partial charge in [0.05, 0.1) is 12.8 Å². The third kappa shape index (κ3) is 20.4. The van der Waals surface area contributed by atoms with Crippen LogP contribution < -0.4 is 33.6 Å². The molecule has 228 valence electrons. The molecule has 0 aliphatic rings. The van der Waals surface area contributed by atoms with Crippen LogP contribution in [0.3, 0.4) is 0 Å². The van der Waals surface area contributed by atoms with Crippen molar-refractivity contribution in [2.75, 3.05) is 13.1 Å². The number of nitrogens with one attached hydrogen (secondary N) is 2. The van der Waals surface area contributed by atoms with Gasteiger partial charge in [-0.3, -0.25) is 29.2 Å². The number of aliphatic imine (C=N–C) groups is 2. The Hall–Kier alpha value is -4.72. The zero-order valence-corrected chi connectivity index (χ0v) is 21.3. The van der Waals surface area contributed by atoms with E-state index in [9.17, 15) is 28.8 Å². The molecule has 16 N–H and O–H groups in total. The zero-order chi connectivity index (χ0) is 31.4. The number of carboxylic acids is 6.